The summed E-state index contributed by atoms with van der Waals surface area (Å²) in [7, 11) is 0.130. The topological polar surface area (TPSA) is 70.1 Å². The predicted octanol–water partition coefficient (Wildman–Crippen LogP) is 2.41. The van der Waals surface area contributed by atoms with E-state index >= 15 is 0 Å². The summed E-state index contributed by atoms with van der Waals surface area (Å²) < 4.78 is 34.4. The highest BCUT2D eigenvalue weighted by Crippen LogP contribution is 2.34. The molecule has 0 spiro atoms. The van der Waals surface area contributed by atoms with E-state index in [4.69, 9.17) is 4.74 Å². The molecular formula is C22H34N2O4S. The fourth-order valence-corrected chi connectivity index (χ4v) is 5.06. The van der Waals surface area contributed by atoms with Crippen LogP contribution in [0.2, 0.25) is 0 Å². The molecule has 6 nitrogen and oxygen atoms in total. The van der Waals surface area contributed by atoms with Gasteiger partial charge in [0.05, 0.1) is 6.61 Å². The van der Waals surface area contributed by atoms with Crippen molar-refractivity contribution in [3.63, 3.8) is 0 Å². The van der Waals surface area contributed by atoms with Crippen LogP contribution in [-0.4, -0.2) is 68.7 Å². The monoisotopic (exact) mass is 422 g/mol. The standard InChI is InChI=1S/C22H34N2O4S/c1-16(2)8-7-9-19-10-11-22-20(12-19)28-21(14-23(5)6)17(3)13-24(18(4)15-25)29(22,26)27/h10-12,16-18,21,25H,8,13-15H2,1-6H3/t17-,18+,21-/m0/s1. The minimum Gasteiger partial charge on any atom is -0.487 e. The van der Waals surface area contributed by atoms with Gasteiger partial charge in [0.15, 0.2) is 0 Å². The van der Waals surface area contributed by atoms with E-state index in [1.54, 1.807) is 25.1 Å². The highest BCUT2D eigenvalue weighted by atomic mass is 32.2. The Morgan fingerprint density at radius 3 is 2.59 bits per heavy atom. The summed E-state index contributed by atoms with van der Waals surface area (Å²) in [4.78, 5) is 2.16. The molecule has 3 atom stereocenters. The number of aliphatic hydroxyl groups is 1. The quantitative estimate of drug-likeness (QED) is 0.738. The summed E-state index contributed by atoms with van der Waals surface area (Å²) in [5, 5.41) is 9.65. The van der Waals surface area contributed by atoms with Gasteiger partial charge in [0.1, 0.15) is 16.7 Å². The number of rotatable bonds is 5. The van der Waals surface area contributed by atoms with E-state index in [0.29, 0.717) is 18.2 Å². The first-order valence-electron chi connectivity index (χ1n) is 10.1. The lowest BCUT2D eigenvalue weighted by Gasteiger charge is -2.37. The van der Waals surface area contributed by atoms with Crippen LogP contribution in [0.1, 0.15) is 39.7 Å². The number of ether oxygens (including phenoxy) is 1. The van der Waals surface area contributed by atoms with Gasteiger partial charge in [-0.15, -0.1) is 0 Å². The van der Waals surface area contributed by atoms with Crippen LogP contribution in [0, 0.1) is 23.7 Å². The number of aliphatic hydroxyl groups excluding tert-OH is 1. The summed E-state index contributed by atoms with van der Waals surface area (Å²) in [6.45, 7) is 8.63. The first kappa shape index (κ1) is 23.7. The van der Waals surface area contributed by atoms with Gasteiger partial charge in [0.25, 0.3) is 0 Å². The number of likely N-dealkylation sites (N-methyl/N-ethyl adjacent to an activating group) is 1. The minimum atomic E-state index is -3.80. The molecule has 0 radical (unpaired) electrons. The van der Waals surface area contributed by atoms with E-state index in [2.05, 4.69) is 25.7 Å². The fourth-order valence-electron chi connectivity index (χ4n) is 3.24. The van der Waals surface area contributed by atoms with Crippen molar-refractivity contribution in [2.75, 3.05) is 33.8 Å². The van der Waals surface area contributed by atoms with E-state index in [1.807, 2.05) is 25.9 Å². The molecule has 162 valence electrons. The van der Waals surface area contributed by atoms with Gasteiger partial charge in [-0.05, 0) is 45.1 Å². The third-order valence-electron chi connectivity index (χ3n) is 4.96. The van der Waals surface area contributed by atoms with Gasteiger partial charge in [-0.1, -0.05) is 32.6 Å². The summed E-state index contributed by atoms with van der Waals surface area (Å²) in [6.07, 6.45) is 0.588. The Labute approximate surface area is 175 Å². The van der Waals surface area contributed by atoms with Crippen molar-refractivity contribution in [3.8, 4) is 17.6 Å². The van der Waals surface area contributed by atoms with Gasteiger partial charge in [-0.25, -0.2) is 8.42 Å². The molecule has 0 aromatic heterocycles. The fraction of sp³-hybridized carbons (Fsp3) is 0.636. The second-order valence-electron chi connectivity index (χ2n) is 8.56. The van der Waals surface area contributed by atoms with Crippen molar-refractivity contribution < 1.29 is 18.3 Å². The van der Waals surface area contributed by atoms with E-state index in [0.717, 1.165) is 12.0 Å². The van der Waals surface area contributed by atoms with Crippen LogP contribution in [0.25, 0.3) is 0 Å². The van der Waals surface area contributed by atoms with Gasteiger partial charge in [0, 0.05) is 37.0 Å². The Hall–Kier alpha value is -1.59. The van der Waals surface area contributed by atoms with Crippen molar-refractivity contribution in [3.05, 3.63) is 23.8 Å². The maximum absolute atomic E-state index is 13.4. The molecule has 0 saturated heterocycles. The summed E-state index contributed by atoms with van der Waals surface area (Å²) in [5.74, 6) is 7.00. The van der Waals surface area contributed by atoms with E-state index < -0.39 is 16.1 Å². The average Bonchev–Trinajstić information content (AvgIpc) is 2.63. The Balaban J connectivity index is 2.56. The van der Waals surface area contributed by atoms with Gasteiger partial charge in [0.2, 0.25) is 10.0 Å². The summed E-state index contributed by atoms with van der Waals surface area (Å²) >= 11 is 0. The first-order chi connectivity index (χ1) is 13.6. The highest BCUT2D eigenvalue weighted by molar-refractivity contribution is 7.89. The molecule has 1 aliphatic rings. The van der Waals surface area contributed by atoms with Gasteiger partial charge >= 0.3 is 0 Å². The zero-order valence-corrected chi connectivity index (χ0v) is 19.2. The number of hydrogen-bond acceptors (Lipinski definition) is 5. The van der Waals surface area contributed by atoms with Crippen molar-refractivity contribution in [1.82, 2.24) is 9.21 Å². The predicted molar refractivity (Wildman–Crippen MR) is 115 cm³/mol. The number of nitrogens with zero attached hydrogens (tertiary/aromatic N) is 2. The van der Waals surface area contributed by atoms with Gasteiger partial charge in [-0.3, -0.25) is 0 Å². The second kappa shape index (κ2) is 9.94. The molecule has 0 amide bonds. The van der Waals surface area contributed by atoms with E-state index in [1.165, 1.54) is 4.31 Å². The van der Waals surface area contributed by atoms with Crippen molar-refractivity contribution in [2.24, 2.45) is 11.8 Å². The zero-order valence-electron chi connectivity index (χ0n) is 18.3. The second-order valence-corrected chi connectivity index (χ2v) is 10.4. The number of sulfonamides is 1. The smallest absolute Gasteiger partial charge is 0.247 e. The van der Waals surface area contributed by atoms with Crippen LogP contribution in [-0.2, 0) is 10.0 Å². The Bertz CT molecular complexity index is 855. The molecule has 1 heterocycles. The molecule has 0 bridgehead atoms. The normalized spacial score (nSPS) is 22.8. The molecule has 1 aliphatic heterocycles. The molecule has 0 unspecified atom stereocenters. The van der Waals surface area contributed by atoms with Crippen LogP contribution in [0.15, 0.2) is 23.1 Å². The Morgan fingerprint density at radius 2 is 2.00 bits per heavy atom. The molecule has 29 heavy (non-hydrogen) atoms. The van der Waals surface area contributed by atoms with Gasteiger partial charge in [-0.2, -0.15) is 4.31 Å². The Kier molecular flexibility index (Phi) is 8.12. The number of fused-ring (bicyclic) bond motifs is 1. The minimum absolute atomic E-state index is 0.0509. The Morgan fingerprint density at radius 1 is 1.31 bits per heavy atom. The molecule has 2 rings (SSSR count). The SMILES string of the molecule is CC(C)CC#Cc1ccc2c(c1)O[C@@H](CN(C)C)[C@@H](C)CN([C@H](C)CO)S2(=O)=O. The summed E-state index contributed by atoms with van der Waals surface area (Å²) in [6, 6.07) is 4.51. The van der Waals surface area contributed by atoms with E-state index in [9.17, 15) is 13.5 Å². The van der Waals surface area contributed by atoms with Crippen LogP contribution in [0.4, 0.5) is 0 Å². The van der Waals surface area contributed by atoms with Crippen LogP contribution < -0.4 is 4.74 Å². The first-order valence-corrected chi connectivity index (χ1v) is 11.6. The van der Waals surface area contributed by atoms with Crippen molar-refractivity contribution in [1.29, 1.82) is 0 Å². The van der Waals surface area contributed by atoms with E-state index in [-0.39, 0.29) is 30.1 Å². The van der Waals surface area contributed by atoms with Crippen LogP contribution in [0.3, 0.4) is 0 Å². The average molecular weight is 423 g/mol. The van der Waals surface area contributed by atoms with Crippen LogP contribution in [0.5, 0.6) is 5.75 Å². The molecule has 1 aromatic carbocycles. The lowest BCUT2D eigenvalue weighted by Crippen LogP contribution is -2.49. The van der Waals surface area contributed by atoms with Crippen molar-refractivity contribution in [2.45, 2.75) is 51.2 Å². The van der Waals surface area contributed by atoms with Crippen molar-refractivity contribution >= 4 is 10.0 Å². The molecule has 1 aromatic rings. The third kappa shape index (κ3) is 5.95. The lowest BCUT2D eigenvalue weighted by atomic mass is 10.0. The molecule has 1 N–H and O–H groups in total. The maximum Gasteiger partial charge on any atom is 0.247 e. The van der Waals surface area contributed by atoms with Crippen LogP contribution >= 0.6 is 0 Å². The largest absolute Gasteiger partial charge is 0.487 e. The number of hydrogen-bond donors (Lipinski definition) is 1. The molecule has 0 fully saturated rings. The number of benzene rings is 1. The van der Waals surface area contributed by atoms with Gasteiger partial charge < -0.3 is 14.7 Å². The lowest BCUT2D eigenvalue weighted by molar-refractivity contribution is 0.0812. The summed E-state index contributed by atoms with van der Waals surface area (Å²) in [5.41, 5.74) is 0.734. The zero-order chi connectivity index (χ0) is 21.8. The molecule has 0 saturated carbocycles. The maximum atomic E-state index is 13.4. The highest BCUT2D eigenvalue weighted by Gasteiger charge is 2.37. The molecule has 7 heteroatoms. The molecular weight excluding hydrogens is 388 g/mol. The molecule has 0 aliphatic carbocycles. The third-order valence-corrected chi connectivity index (χ3v) is 6.97.